The molecule has 2 atom stereocenters. The molecule has 2 aliphatic rings. The van der Waals surface area contributed by atoms with Crippen molar-refractivity contribution in [1.29, 1.82) is 0 Å². The van der Waals surface area contributed by atoms with Crippen LogP contribution < -0.4 is 10.6 Å². The second kappa shape index (κ2) is 9.04. The van der Waals surface area contributed by atoms with E-state index in [2.05, 4.69) is 91.7 Å². The van der Waals surface area contributed by atoms with Gasteiger partial charge >= 0.3 is 0 Å². The number of aromatic nitrogens is 4. The number of hydrogen-bond acceptors (Lipinski definition) is 4. The Balaban J connectivity index is 1.19. The van der Waals surface area contributed by atoms with Crippen LogP contribution in [0.25, 0.3) is 33.6 Å². The van der Waals surface area contributed by atoms with Gasteiger partial charge in [-0.3, -0.25) is 0 Å². The number of nitrogens with zero attached hydrogens (tertiary/aromatic N) is 2. The molecule has 6 rings (SSSR count). The molecule has 2 saturated heterocycles. The Morgan fingerprint density at radius 1 is 0.697 bits per heavy atom. The van der Waals surface area contributed by atoms with Gasteiger partial charge in [0.15, 0.2) is 0 Å². The minimum Gasteiger partial charge on any atom is -0.347 e. The summed E-state index contributed by atoms with van der Waals surface area (Å²) in [5, 5.41) is 7.02. The summed E-state index contributed by atoms with van der Waals surface area (Å²) in [6, 6.07) is 18.1. The van der Waals surface area contributed by atoms with Crippen LogP contribution >= 0.6 is 22.6 Å². The van der Waals surface area contributed by atoms with E-state index in [0.717, 1.165) is 63.8 Å². The molecular formula is C26H27IN6. The summed E-state index contributed by atoms with van der Waals surface area (Å²) >= 11 is 2.36. The lowest BCUT2D eigenvalue weighted by Gasteiger charge is -2.06. The van der Waals surface area contributed by atoms with E-state index in [4.69, 9.17) is 9.97 Å². The molecule has 0 amide bonds. The van der Waals surface area contributed by atoms with Crippen LogP contribution in [0.1, 0.15) is 49.4 Å². The standard InChI is InChI=1S/C26H27IN6/c27-24-23(32-26(33-24)21-4-2-14-29-21)19-11-7-17(8-12-19)16-5-9-18(10-6-16)22-15-30-25(31-22)20-3-1-13-28-20/h5-12,15,20-21,28-29H,1-4,13-14H2,(H,30,31)(H,32,33)/t20-,21-/m0/s1. The average molecular weight is 550 g/mol. The molecular weight excluding hydrogens is 523 g/mol. The molecule has 168 valence electrons. The van der Waals surface area contributed by atoms with Crippen molar-refractivity contribution >= 4 is 22.6 Å². The van der Waals surface area contributed by atoms with Crippen LogP contribution in [0, 0.1) is 3.70 Å². The van der Waals surface area contributed by atoms with Gasteiger partial charge in [0, 0.05) is 17.3 Å². The normalized spacial score (nSPS) is 20.5. The van der Waals surface area contributed by atoms with Gasteiger partial charge in [-0.2, -0.15) is 0 Å². The predicted molar refractivity (Wildman–Crippen MR) is 140 cm³/mol. The summed E-state index contributed by atoms with van der Waals surface area (Å²) in [5.41, 5.74) is 6.71. The van der Waals surface area contributed by atoms with Crippen LogP contribution in [0.3, 0.4) is 0 Å². The second-order valence-electron chi connectivity index (χ2n) is 8.91. The molecule has 0 spiro atoms. The van der Waals surface area contributed by atoms with Gasteiger partial charge in [0.25, 0.3) is 0 Å². The van der Waals surface area contributed by atoms with Crippen molar-refractivity contribution in [2.75, 3.05) is 13.1 Å². The van der Waals surface area contributed by atoms with E-state index in [1.54, 1.807) is 0 Å². The maximum Gasteiger partial charge on any atom is 0.124 e. The van der Waals surface area contributed by atoms with E-state index < -0.39 is 0 Å². The Kier molecular flexibility index (Phi) is 5.77. The molecule has 2 fully saturated rings. The highest BCUT2D eigenvalue weighted by Gasteiger charge is 2.22. The van der Waals surface area contributed by atoms with Gasteiger partial charge in [-0.1, -0.05) is 48.5 Å². The molecule has 2 aromatic heterocycles. The van der Waals surface area contributed by atoms with Gasteiger partial charge in [0.2, 0.25) is 0 Å². The molecule has 0 radical (unpaired) electrons. The van der Waals surface area contributed by atoms with Gasteiger partial charge in [-0.25, -0.2) is 9.97 Å². The Hall–Kier alpha value is -2.49. The maximum absolute atomic E-state index is 4.90. The molecule has 0 unspecified atom stereocenters. The number of hydrogen-bond donors (Lipinski definition) is 4. The zero-order valence-corrected chi connectivity index (χ0v) is 20.5. The maximum atomic E-state index is 4.90. The lowest BCUT2D eigenvalue weighted by atomic mass is 10.0. The van der Waals surface area contributed by atoms with Gasteiger partial charge < -0.3 is 20.6 Å². The van der Waals surface area contributed by atoms with Gasteiger partial charge in [-0.05, 0) is 72.5 Å². The Morgan fingerprint density at radius 3 is 1.88 bits per heavy atom. The van der Waals surface area contributed by atoms with Crippen LogP contribution in [-0.4, -0.2) is 33.0 Å². The number of halogens is 1. The summed E-state index contributed by atoms with van der Waals surface area (Å²) < 4.78 is 1.10. The highest BCUT2D eigenvalue weighted by Crippen LogP contribution is 2.31. The Bertz CT molecular complexity index is 1230. The second-order valence-corrected chi connectivity index (χ2v) is 9.99. The fourth-order valence-electron chi connectivity index (χ4n) is 4.88. The van der Waals surface area contributed by atoms with E-state index in [9.17, 15) is 0 Å². The lowest BCUT2D eigenvalue weighted by Crippen LogP contribution is -2.14. The molecule has 33 heavy (non-hydrogen) atoms. The molecule has 0 bridgehead atoms. The van der Waals surface area contributed by atoms with Crippen molar-refractivity contribution in [3.05, 3.63) is 70.1 Å². The number of benzene rings is 2. The van der Waals surface area contributed by atoms with E-state index in [1.807, 2.05) is 6.20 Å². The Morgan fingerprint density at radius 2 is 1.27 bits per heavy atom. The van der Waals surface area contributed by atoms with E-state index in [0.29, 0.717) is 12.1 Å². The van der Waals surface area contributed by atoms with E-state index in [-0.39, 0.29) is 0 Å². The highest BCUT2D eigenvalue weighted by molar-refractivity contribution is 14.1. The Labute approximate surface area is 207 Å². The van der Waals surface area contributed by atoms with Crippen LogP contribution in [0.2, 0.25) is 0 Å². The topological polar surface area (TPSA) is 81.4 Å². The fraction of sp³-hybridized carbons (Fsp3) is 0.308. The van der Waals surface area contributed by atoms with Crippen molar-refractivity contribution in [2.45, 2.75) is 37.8 Å². The third kappa shape index (κ3) is 4.25. The number of nitrogens with one attached hydrogen (secondary N) is 4. The van der Waals surface area contributed by atoms with Crippen molar-refractivity contribution in [1.82, 2.24) is 30.6 Å². The zero-order chi connectivity index (χ0) is 22.2. The zero-order valence-electron chi connectivity index (χ0n) is 18.4. The minimum atomic E-state index is 0.352. The quantitative estimate of drug-likeness (QED) is 0.245. The summed E-state index contributed by atoms with van der Waals surface area (Å²) in [6.07, 6.45) is 6.74. The first kappa shape index (κ1) is 21.1. The molecule has 7 heteroatoms. The third-order valence-corrected chi connectivity index (χ3v) is 7.51. The van der Waals surface area contributed by atoms with Crippen molar-refractivity contribution < 1.29 is 0 Å². The fourth-order valence-corrected chi connectivity index (χ4v) is 5.59. The molecule has 4 aromatic rings. The van der Waals surface area contributed by atoms with Gasteiger partial charge in [0.1, 0.15) is 21.0 Å². The predicted octanol–water partition coefficient (Wildman–Crippen LogP) is 5.59. The van der Waals surface area contributed by atoms with Gasteiger partial charge in [0.05, 0.1) is 17.8 Å². The summed E-state index contributed by atoms with van der Waals surface area (Å²) in [5.74, 6) is 2.10. The first-order valence-electron chi connectivity index (χ1n) is 11.7. The van der Waals surface area contributed by atoms with Crippen LogP contribution in [0.4, 0.5) is 0 Å². The summed E-state index contributed by atoms with van der Waals surface area (Å²) in [4.78, 5) is 16.5. The smallest absolute Gasteiger partial charge is 0.124 e. The summed E-state index contributed by atoms with van der Waals surface area (Å²) in [6.45, 7) is 2.15. The average Bonchev–Trinajstić information content (AvgIpc) is 3.66. The van der Waals surface area contributed by atoms with Crippen molar-refractivity contribution in [3.63, 3.8) is 0 Å². The largest absolute Gasteiger partial charge is 0.347 e. The van der Waals surface area contributed by atoms with E-state index >= 15 is 0 Å². The first-order valence-corrected chi connectivity index (χ1v) is 12.8. The minimum absolute atomic E-state index is 0.352. The van der Waals surface area contributed by atoms with Gasteiger partial charge in [-0.15, -0.1) is 0 Å². The SMILES string of the molecule is Ic1[nH]c([C@@H]2CCCN2)nc1-c1ccc(-c2ccc(-c3c[nH]c([C@@H]4CCCN4)n3)cc2)cc1. The number of H-pyrrole nitrogens is 2. The number of imidazole rings is 2. The molecule has 2 aliphatic heterocycles. The van der Waals surface area contributed by atoms with Crippen LogP contribution in [-0.2, 0) is 0 Å². The molecule has 4 heterocycles. The molecule has 0 aliphatic carbocycles. The molecule has 6 nitrogen and oxygen atoms in total. The van der Waals surface area contributed by atoms with Crippen molar-refractivity contribution in [2.24, 2.45) is 0 Å². The first-order chi connectivity index (χ1) is 16.2. The highest BCUT2D eigenvalue weighted by atomic mass is 127. The lowest BCUT2D eigenvalue weighted by molar-refractivity contribution is 0.612. The van der Waals surface area contributed by atoms with Crippen LogP contribution in [0.15, 0.2) is 54.7 Å². The third-order valence-electron chi connectivity index (χ3n) is 6.73. The number of rotatable bonds is 5. The van der Waals surface area contributed by atoms with E-state index in [1.165, 1.54) is 24.0 Å². The summed E-state index contributed by atoms with van der Waals surface area (Å²) in [7, 11) is 0. The van der Waals surface area contributed by atoms with Crippen molar-refractivity contribution in [3.8, 4) is 33.6 Å². The molecule has 2 aromatic carbocycles. The molecule has 0 saturated carbocycles. The van der Waals surface area contributed by atoms with Crippen LogP contribution in [0.5, 0.6) is 0 Å². The molecule has 4 N–H and O–H groups in total. The monoisotopic (exact) mass is 550 g/mol. The number of aromatic amines is 2.